The molecule has 2 aromatic rings. The predicted octanol–water partition coefficient (Wildman–Crippen LogP) is 2.80. The quantitative estimate of drug-likeness (QED) is 0.632. The Morgan fingerprint density at radius 3 is 2.52 bits per heavy atom. The molecule has 0 bridgehead atoms. The van der Waals surface area contributed by atoms with Gasteiger partial charge in [0.05, 0.1) is 28.2 Å². The molecule has 142 valence electrons. The van der Waals surface area contributed by atoms with Crippen LogP contribution in [0.15, 0.2) is 42.5 Å². The Kier molecular flexibility index (Phi) is 4.31. The number of ether oxygens (including phenoxy) is 1. The van der Waals surface area contributed by atoms with Gasteiger partial charge >= 0.3 is 0 Å². The van der Waals surface area contributed by atoms with Crippen LogP contribution in [0.1, 0.15) is 13.8 Å². The van der Waals surface area contributed by atoms with Gasteiger partial charge in [0.25, 0.3) is 11.6 Å². The summed E-state index contributed by atoms with van der Waals surface area (Å²) in [6.45, 7) is 3.14. The number of anilines is 3. The predicted molar refractivity (Wildman–Crippen MR) is 99.9 cm³/mol. The molecular formula is C17H17N3O6S. The van der Waals surface area contributed by atoms with Crippen LogP contribution in [0.5, 0.6) is 5.75 Å². The largest absolute Gasteiger partial charge is 0.476 e. The van der Waals surface area contributed by atoms with E-state index < -0.39 is 26.5 Å². The number of benzene rings is 2. The maximum absolute atomic E-state index is 12.9. The van der Waals surface area contributed by atoms with E-state index in [2.05, 4.69) is 4.72 Å². The monoisotopic (exact) mass is 391 g/mol. The average Bonchev–Trinajstić information content (AvgIpc) is 2.54. The van der Waals surface area contributed by atoms with Crippen LogP contribution in [-0.2, 0) is 14.8 Å². The van der Waals surface area contributed by atoms with Crippen LogP contribution in [0.4, 0.5) is 22.7 Å². The van der Waals surface area contributed by atoms with E-state index in [0.29, 0.717) is 11.4 Å². The summed E-state index contributed by atoms with van der Waals surface area (Å²) in [6, 6.07) is 10.2. The van der Waals surface area contributed by atoms with Gasteiger partial charge in [0, 0.05) is 18.2 Å². The summed E-state index contributed by atoms with van der Waals surface area (Å²) < 4.78 is 31.0. The zero-order chi connectivity index (χ0) is 20.0. The van der Waals surface area contributed by atoms with Crippen LogP contribution in [0.3, 0.4) is 0 Å². The molecule has 0 spiro atoms. The van der Waals surface area contributed by atoms with Gasteiger partial charge in [0.15, 0.2) is 5.60 Å². The van der Waals surface area contributed by atoms with Gasteiger partial charge in [0.2, 0.25) is 10.0 Å². The molecule has 0 aliphatic carbocycles. The van der Waals surface area contributed by atoms with E-state index in [1.807, 2.05) is 0 Å². The second-order valence-corrected chi connectivity index (χ2v) is 8.34. The number of nitro benzene ring substituents is 1. The summed E-state index contributed by atoms with van der Waals surface area (Å²) >= 11 is 0. The van der Waals surface area contributed by atoms with Crippen molar-refractivity contribution in [3.63, 3.8) is 0 Å². The first-order valence-corrected chi connectivity index (χ1v) is 9.77. The Bertz CT molecular complexity index is 1050. The van der Waals surface area contributed by atoms with Crippen LogP contribution in [0, 0.1) is 10.1 Å². The molecule has 0 saturated carbocycles. The summed E-state index contributed by atoms with van der Waals surface area (Å²) in [4.78, 5) is 24.8. The van der Waals surface area contributed by atoms with Gasteiger partial charge in [-0.25, -0.2) is 8.42 Å². The first-order chi connectivity index (χ1) is 12.5. The maximum Gasteiger partial charge on any atom is 0.275 e. The summed E-state index contributed by atoms with van der Waals surface area (Å²) in [5.41, 5.74) is -0.446. The van der Waals surface area contributed by atoms with Gasteiger partial charge in [-0.15, -0.1) is 0 Å². The van der Waals surface area contributed by atoms with Crippen LogP contribution < -0.4 is 14.4 Å². The third-order valence-electron chi connectivity index (χ3n) is 3.89. The third kappa shape index (κ3) is 3.70. The van der Waals surface area contributed by atoms with Crippen LogP contribution >= 0.6 is 0 Å². The molecule has 1 aliphatic rings. The molecule has 0 saturated heterocycles. The first kappa shape index (κ1) is 18.6. The number of fused-ring (bicyclic) bond motifs is 1. The average molecular weight is 391 g/mol. The van der Waals surface area contributed by atoms with E-state index >= 15 is 0 Å². The molecule has 0 aromatic heterocycles. The number of nitrogens with one attached hydrogen (secondary N) is 1. The van der Waals surface area contributed by atoms with Gasteiger partial charge in [-0.05, 0) is 32.0 Å². The van der Waals surface area contributed by atoms with Crippen molar-refractivity contribution in [1.29, 1.82) is 0 Å². The summed E-state index contributed by atoms with van der Waals surface area (Å²) in [5, 5.41) is 11.1. The van der Waals surface area contributed by atoms with E-state index in [0.717, 1.165) is 6.26 Å². The van der Waals surface area contributed by atoms with E-state index in [9.17, 15) is 23.3 Å². The highest BCUT2D eigenvalue weighted by molar-refractivity contribution is 7.92. The van der Waals surface area contributed by atoms with Crippen molar-refractivity contribution >= 4 is 38.7 Å². The fourth-order valence-corrected chi connectivity index (χ4v) is 3.31. The van der Waals surface area contributed by atoms with Crippen molar-refractivity contribution < 1.29 is 22.9 Å². The second kappa shape index (κ2) is 6.23. The topological polar surface area (TPSA) is 119 Å². The van der Waals surface area contributed by atoms with Crippen LogP contribution in [-0.4, -0.2) is 31.1 Å². The number of hydrogen-bond donors (Lipinski definition) is 1. The fourth-order valence-electron chi connectivity index (χ4n) is 2.76. The van der Waals surface area contributed by atoms with Gasteiger partial charge in [-0.3, -0.25) is 24.5 Å². The lowest BCUT2D eigenvalue weighted by molar-refractivity contribution is -0.384. The van der Waals surface area contributed by atoms with Crippen molar-refractivity contribution in [2.75, 3.05) is 15.9 Å². The first-order valence-electron chi connectivity index (χ1n) is 7.88. The Morgan fingerprint density at radius 1 is 1.19 bits per heavy atom. The summed E-state index contributed by atoms with van der Waals surface area (Å²) in [6.07, 6.45) is 1.02. The van der Waals surface area contributed by atoms with Gasteiger partial charge in [-0.2, -0.15) is 0 Å². The van der Waals surface area contributed by atoms with E-state index in [1.165, 1.54) is 41.3 Å². The molecule has 27 heavy (non-hydrogen) atoms. The normalized spacial score (nSPS) is 15.7. The third-order valence-corrected chi connectivity index (χ3v) is 4.49. The zero-order valence-corrected chi connectivity index (χ0v) is 15.6. The Labute approximate surface area is 155 Å². The van der Waals surface area contributed by atoms with E-state index in [4.69, 9.17) is 4.74 Å². The molecule has 0 unspecified atom stereocenters. The molecular weight excluding hydrogens is 374 g/mol. The Morgan fingerprint density at radius 2 is 1.89 bits per heavy atom. The summed E-state index contributed by atoms with van der Waals surface area (Å²) in [7, 11) is -3.49. The minimum atomic E-state index is -3.49. The molecule has 0 radical (unpaired) electrons. The zero-order valence-electron chi connectivity index (χ0n) is 14.8. The minimum absolute atomic E-state index is 0.151. The standard InChI is InChI=1S/C17H17N3O6S/c1-17(2)16(21)19(12-5-4-6-13(10-12)20(22)23)14-8-7-11(9-15(14)26-17)18-27(3,24)25/h4-10,18H,1-3H3. The SMILES string of the molecule is CC1(C)Oc2cc(NS(C)(=O)=O)ccc2N(c2cccc([N+](=O)[O-])c2)C1=O. The van der Waals surface area contributed by atoms with Crippen molar-refractivity contribution in [3.05, 3.63) is 52.6 Å². The number of rotatable bonds is 4. The lowest BCUT2D eigenvalue weighted by Crippen LogP contribution is -2.50. The van der Waals surface area contributed by atoms with Crippen molar-refractivity contribution in [1.82, 2.24) is 0 Å². The molecule has 1 aliphatic heterocycles. The van der Waals surface area contributed by atoms with Crippen molar-refractivity contribution in [3.8, 4) is 5.75 Å². The smallest absolute Gasteiger partial charge is 0.275 e. The van der Waals surface area contributed by atoms with Gasteiger partial charge < -0.3 is 4.74 Å². The summed E-state index contributed by atoms with van der Waals surface area (Å²) in [5.74, 6) is -0.126. The molecule has 1 amide bonds. The highest BCUT2D eigenvalue weighted by atomic mass is 32.2. The number of nitro groups is 1. The van der Waals surface area contributed by atoms with Gasteiger partial charge in [-0.1, -0.05) is 6.07 Å². The van der Waals surface area contributed by atoms with Gasteiger partial charge in [0.1, 0.15) is 5.75 Å². The number of carbonyl (C=O) groups excluding carboxylic acids is 1. The highest BCUT2D eigenvalue weighted by Crippen LogP contribution is 2.43. The molecule has 9 nitrogen and oxygen atoms in total. The number of nitrogens with zero attached hydrogens (tertiary/aromatic N) is 2. The minimum Gasteiger partial charge on any atom is -0.476 e. The molecule has 0 fully saturated rings. The number of non-ortho nitro benzene ring substituents is 1. The lowest BCUT2D eigenvalue weighted by Gasteiger charge is -2.38. The van der Waals surface area contributed by atoms with Crippen LogP contribution in [0.2, 0.25) is 0 Å². The molecule has 1 N–H and O–H groups in total. The molecule has 1 heterocycles. The maximum atomic E-state index is 12.9. The lowest BCUT2D eigenvalue weighted by atomic mass is 10.0. The molecule has 0 atom stereocenters. The Balaban J connectivity index is 2.14. The molecule has 3 rings (SSSR count). The number of amides is 1. The van der Waals surface area contributed by atoms with Crippen molar-refractivity contribution in [2.45, 2.75) is 19.4 Å². The van der Waals surface area contributed by atoms with Crippen LogP contribution in [0.25, 0.3) is 0 Å². The van der Waals surface area contributed by atoms with E-state index in [-0.39, 0.29) is 17.1 Å². The fraction of sp³-hybridized carbons (Fsp3) is 0.235. The van der Waals surface area contributed by atoms with Crippen molar-refractivity contribution in [2.24, 2.45) is 0 Å². The molecule has 2 aromatic carbocycles. The number of carbonyl (C=O) groups is 1. The molecule has 10 heteroatoms. The van der Waals surface area contributed by atoms with E-state index in [1.54, 1.807) is 19.9 Å². The Hall–Kier alpha value is -3.14. The second-order valence-electron chi connectivity index (χ2n) is 6.59. The number of hydrogen-bond acceptors (Lipinski definition) is 6. The highest BCUT2D eigenvalue weighted by Gasteiger charge is 2.42. The number of sulfonamides is 1.